The van der Waals surface area contributed by atoms with Crippen LogP contribution in [0.2, 0.25) is 0 Å². The number of benzene rings is 1. The van der Waals surface area contributed by atoms with Gasteiger partial charge in [-0.15, -0.1) is 0 Å². The van der Waals surface area contributed by atoms with Crippen molar-refractivity contribution in [2.45, 2.75) is 18.9 Å². The number of aromatic amines is 2. The Hall–Kier alpha value is -4.15. The summed E-state index contributed by atoms with van der Waals surface area (Å²) in [6.45, 7) is 0. The summed E-state index contributed by atoms with van der Waals surface area (Å²) in [5, 5.41) is 17.9. The van der Waals surface area contributed by atoms with Gasteiger partial charge in [-0.2, -0.15) is 9.61 Å². The number of H-pyrrole nitrogens is 2. The van der Waals surface area contributed by atoms with Crippen LogP contribution in [0.25, 0.3) is 11.7 Å². The van der Waals surface area contributed by atoms with E-state index in [9.17, 15) is 14.3 Å². The molecule has 1 saturated carbocycles. The van der Waals surface area contributed by atoms with Crippen LogP contribution in [0.15, 0.2) is 40.2 Å². The molecule has 4 aromatic rings. The van der Waals surface area contributed by atoms with Gasteiger partial charge in [-0.25, -0.2) is 14.2 Å². The number of para-hydroxylation sites is 1. The number of imidazole rings is 1. The average molecular weight is 423 g/mol. The van der Waals surface area contributed by atoms with E-state index in [0.717, 1.165) is 12.8 Å². The van der Waals surface area contributed by atoms with Gasteiger partial charge in [-0.3, -0.25) is 9.98 Å². The zero-order valence-electron chi connectivity index (χ0n) is 16.4. The first-order valence-electron chi connectivity index (χ1n) is 9.57. The Balaban J connectivity index is 1.69. The van der Waals surface area contributed by atoms with Gasteiger partial charge in [0, 0.05) is 11.3 Å². The molecule has 0 radical (unpaired) electrons. The van der Waals surface area contributed by atoms with Crippen molar-refractivity contribution in [2.75, 3.05) is 12.4 Å². The summed E-state index contributed by atoms with van der Waals surface area (Å²) in [5.74, 6) is -0.301. The van der Waals surface area contributed by atoms with Gasteiger partial charge in [0.1, 0.15) is 11.5 Å². The van der Waals surface area contributed by atoms with Crippen molar-refractivity contribution in [3.8, 4) is 11.6 Å². The number of halogens is 1. The minimum atomic E-state index is -0.529. The van der Waals surface area contributed by atoms with Gasteiger partial charge in [0.2, 0.25) is 5.88 Å². The second kappa shape index (κ2) is 7.27. The third-order valence-corrected chi connectivity index (χ3v) is 4.81. The molecule has 3 aromatic heterocycles. The first-order chi connectivity index (χ1) is 15.0. The number of ether oxygens (including phenoxy) is 1. The maximum atomic E-state index is 14.1. The minimum absolute atomic E-state index is 0.0694. The zero-order chi connectivity index (χ0) is 21.5. The van der Waals surface area contributed by atoms with E-state index < -0.39 is 11.5 Å². The molecule has 0 bridgehead atoms. The van der Waals surface area contributed by atoms with Crippen molar-refractivity contribution in [2.24, 2.45) is 4.99 Å². The van der Waals surface area contributed by atoms with Crippen LogP contribution in [0, 0.1) is 5.82 Å². The number of hydrogen-bond acceptors (Lipinski definition) is 7. The molecule has 0 spiro atoms. The third-order valence-electron chi connectivity index (χ3n) is 4.81. The number of aromatic nitrogens is 5. The number of anilines is 2. The molecule has 11 heteroatoms. The molecule has 3 heterocycles. The van der Waals surface area contributed by atoms with Crippen LogP contribution in [0.1, 0.15) is 18.5 Å². The Morgan fingerprint density at radius 1 is 1.39 bits per heavy atom. The van der Waals surface area contributed by atoms with Crippen molar-refractivity contribution >= 4 is 23.2 Å². The van der Waals surface area contributed by atoms with Crippen LogP contribution in [-0.2, 0) is 0 Å². The van der Waals surface area contributed by atoms with E-state index in [4.69, 9.17) is 9.73 Å². The summed E-state index contributed by atoms with van der Waals surface area (Å²) in [6.07, 6.45) is 5.12. The normalized spacial score (nSPS) is 15.0. The molecule has 158 valence electrons. The molecule has 10 nitrogen and oxygen atoms in total. The lowest BCUT2D eigenvalue weighted by atomic mass is 10.2. The Kier molecular flexibility index (Phi) is 4.42. The molecule has 0 aliphatic heterocycles. The molecular formula is C20H18FN7O3. The minimum Gasteiger partial charge on any atom is -0.493 e. The number of fused-ring (bicyclic) bond motifs is 1. The summed E-state index contributed by atoms with van der Waals surface area (Å²) < 4.78 is 20.8. The molecule has 1 aromatic carbocycles. The molecule has 31 heavy (non-hydrogen) atoms. The highest BCUT2D eigenvalue weighted by atomic mass is 19.1. The number of nitrogens with one attached hydrogen (secondary N) is 3. The highest BCUT2D eigenvalue weighted by Crippen LogP contribution is 2.29. The monoisotopic (exact) mass is 423 g/mol. The topological polar surface area (TPSA) is 133 Å². The number of rotatable bonds is 5. The first kappa shape index (κ1) is 18.9. The lowest BCUT2D eigenvalue weighted by Crippen LogP contribution is -2.20. The maximum absolute atomic E-state index is 14.1. The van der Waals surface area contributed by atoms with Gasteiger partial charge in [-0.1, -0.05) is 6.07 Å². The lowest BCUT2D eigenvalue weighted by molar-refractivity contribution is 0.388. The van der Waals surface area contributed by atoms with Crippen LogP contribution in [0.5, 0.6) is 11.6 Å². The number of hydrogen-bond donors (Lipinski definition) is 4. The van der Waals surface area contributed by atoms with E-state index in [1.54, 1.807) is 35.0 Å². The Morgan fingerprint density at radius 3 is 2.94 bits per heavy atom. The summed E-state index contributed by atoms with van der Waals surface area (Å²) >= 11 is 0. The second-order valence-electron chi connectivity index (χ2n) is 7.13. The third kappa shape index (κ3) is 3.61. The van der Waals surface area contributed by atoms with E-state index in [0.29, 0.717) is 27.9 Å². The summed E-state index contributed by atoms with van der Waals surface area (Å²) in [6, 6.07) is 6.50. The maximum Gasteiger partial charge on any atom is 0.326 e. The largest absolute Gasteiger partial charge is 0.493 e. The smallest absolute Gasteiger partial charge is 0.326 e. The fraction of sp³-hybridized carbons (Fsp3) is 0.200. The SMILES string of the molecule is COc1c(F)cccc1Nc1cc(=NC2CC2)n2nc/c(=C\c3[nH]c(=O)[nH]c3O)c2n1. The van der Waals surface area contributed by atoms with E-state index in [1.807, 2.05) is 0 Å². The van der Waals surface area contributed by atoms with Crippen LogP contribution < -0.4 is 26.4 Å². The fourth-order valence-corrected chi connectivity index (χ4v) is 3.21. The molecule has 0 unspecified atom stereocenters. The second-order valence-corrected chi connectivity index (χ2v) is 7.13. The molecule has 1 aliphatic carbocycles. The number of methoxy groups -OCH3 is 1. The highest BCUT2D eigenvalue weighted by Gasteiger charge is 2.20. The zero-order valence-corrected chi connectivity index (χ0v) is 16.4. The molecular weight excluding hydrogens is 405 g/mol. The van der Waals surface area contributed by atoms with Crippen LogP contribution in [-0.4, -0.2) is 42.8 Å². The van der Waals surface area contributed by atoms with Crippen molar-refractivity contribution in [1.82, 2.24) is 24.6 Å². The highest BCUT2D eigenvalue weighted by molar-refractivity contribution is 5.66. The van der Waals surface area contributed by atoms with Gasteiger partial charge in [0.15, 0.2) is 22.7 Å². The lowest BCUT2D eigenvalue weighted by Gasteiger charge is -2.11. The van der Waals surface area contributed by atoms with Gasteiger partial charge < -0.3 is 20.1 Å². The van der Waals surface area contributed by atoms with Crippen LogP contribution >= 0.6 is 0 Å². The van der Waals surface area contributed by atoms with Crippen LogP contribution in [0.4, 0.5) is 15.9 Å². The summed E-state index contributed by atoms with van der Waals surface area (Å²) in [4.78, 5) is 25.5. The van der Waals surface area contributed by atoms with Gasteiger partial charge >= 0.3 is 5.69 Å². The number of aromatic hydroxyl groups is 1. The van der Waals surface area contributed by atoms with E-state index >= 15 is 0 Å². The Bertz CT molecular complexity index is 1470. The molecule has 0 amide bonds. The average Bonchev–Trinajstić information content (AvgIpc) is 3.37. The molecule has 1 fully saturated rings. The van der Waals surface area contributed by atoms with Crippen molar-refractivity contribution in [3.63, 3.8) is 0 Å². The first-order valence-corrected chi connectivity index (χ1v) is 9.57. The van der Waals surface area contributed by atoms with E-state index in [-0.39, 0.29) is 23.4 Å². The van der Waals surface area contributed by atoms with Gasteiger partial charge in [0.05, 0.1) is 25.0 Å². The molecule has 5 rings (SSSR count). The molecule has 0 atom stereocenters. The quantitative estimate of drug-likeness (QED) is 0.378. The molecule has 4 N–H and O–H groups in total. The Morgan fingerprint density at radius 2 is 2.23 bits per heavy atom. The van der Waals surface area contributed by atoms with Crippen LogP contribution in [0.3, 0.4) is 0 Å². The van der Waals surface area contributed by atoms with Crippen molar-refractivity contribution < 1.29 is 14.2 Å². The molecule has 0 saturated heterocycles. The fourth-order valence-electron chi connectivity index (χ4n) is 3.21. The standard InChI is InChI=1S/C20H18FN7O3/c1-31-17-12(21)3-2-4-13(17)24-15-8-16(23-11-5-6-11)28-18(26-15)10(9-22-28)7-14-19(29)27-20(30)25-14/h2-4,7-9,11,24,29H,5-6H2,1H3,(H2,25,27,30)/b10-7+,23-16?. The predicted octanol–water partition coefficient (Wildman–Crippen LogP) is 0.953. The number of nitrogens with zero attached hydrogens (tertiary/aromatic N) is 4. The Labute approximate surface area is 173 Å². The van der Waals surface area contributed by atoms with E-state index in [2.05, 4.69) is 25.4 Å². The van der Waals surface area contributed by atoms with Gasteiger partial charge in [-0.05, 0) is 31.1 Å². The summed E-state index contributed by atoms with van der Waals surface area (Å²) in [7, 11) is 1.39. The molecule has 1 aliphatic rings. The van der Waals surface area contributed by atoms with Gasteiger partial charge in [0.25, 0.3) is 0 Å². The summed E-state index contributed by atoms with van der Waals surface area (Å²) in [5.41, 5.74) is 1.11. The van der Waals surface area contributed by atoms with Crippen molar-refractivity contribution in [1.29, 1.82) is 0 Å². The predicted molar refractivity (Wildman–Crippen MR) is 110 cm³/mol. The van der Waals surface area contributed by atoms with Crippen molar-refractivity contribution in [3.05, 3.63) is 63.2 Å². The van der Waals surface area contributed by atoms with E-state index in [1.165, 1.54) is 13.2 Å².